The first kappa shape index (κ1) is 19.3. The highest BCUT2D eigenvalue weighted by Gasteiger charge is 2.21. The van der Waals surface area contributed by atoms with E-state index in [9.17, 15) is 0 Å². The molecule has 2 aromatic rings. The van der Waals surface area contributed by atoms with Crippen LogP contribution in [0.25, 0.3) is 16.4 Å². The lowest BCUT2D eigenvalue weighted by Gasteiger charge is -2.20. The predicted molar refractivity (Wildman–Crippen MR) is 116 cm³/mol. The van der Waals surface area contributed by atoms with E-state index in [1.165, 1.54) is 16.7 Å². The number of hydrogen-bond donors (Lipinski definition) is 0. The number of hydrogen-bond acceptors (Lipinski definition) is 3. The Kier molecular flexibility index (Phi) is 6.10. The zero-order valence-electron chi connectivity index (χ0n) is 16.7. The average Bonchev–Trinajstić information content (AvgIpc) is 3.28. The van der Waals surface area contributed by atoms with Crippen LogP contribution in [-0.4, -0.2) is 14.5 Å². The number of rotatable bonds is 3. The van der Waals surface area contributed by atoms with Gasteiger partial charge in [0.25, 0.3) is 0 Å². The molecule has 27 heavy (non-hydrogen) atoms. The fourth-order valence-electron chi connectivity index (χ4n) is 3.36. The zero-order valence-corrected chi connectivity index (χ0v) is 17.5. The van der Waals surface area contributed by atoms with Crippen molar-refractivity contribution in [3.8, 4) is 10.8 Å². The Hall–Kier alpha value is -2.42. The van der Waals surface area contributed by atoms with Crippen molar-refractivity contribution in [1.82, 2.24) is 14.5 Å². The summed E-state index contributed by atoms with van der Waals surface area (Å²) >= 11 is 1.66. The lowest BCUT2D eigenvalue weighted by atomic mass is 9.84. The van der Waals surface area contributed by atoms with Crippen molar-refractivity contribution in [1.29, 1.82) is 0 Å². The Morgan fingerprint density at radius 1 is 1.30 bits per heavy atom. The van der Waals surface area contributed by atoms with Crippen LogP contribution in [0.2, 0.25) is 0 Å². The van der Waals surface area contributed by atoms with Gasteiger partial charge >= 0.3 is 0 Å². The normalized spacial score (nSPS) is 18.1. The second-order valence-corrected chi connectivity index (χ2v) is 7.69. The molecule has 1 unspecified atom stereocenters. The van der Waals surface area contributed by atoms with E-state index in [0.717, 1.165) is 22.9 Å². The maximum absolute atomic E-state index is 4.93. The molecule has 0 amide bonds. The van der Waals surface area contributed by atoms with Gasteiger partial charge in [-0.25, -0.2) is 9.97 Å². The van der Waals surface area contributed by atoms with Crippen molar-refractivity contribution >= 4 is 16.9 Å². The van der Waals surface area contributed by atoms with E-state index in [2.05, 4.69) is 65.7 Å². The first-order valence-electron chi connectivity index (χ1n) is 9.67. The topological polar surface area (TPSA) is 30.7 Å². The van der Waals surface area contributed by atoms with Gasteiger partial charge in [0.05, 0.1) is 5.69 Å². The molecule has 1 atom stereocenters. The molecular formula is C23H27N3S. The summed E-state index contributed by atoms with van der Waals surface area (Å²) in [7, 11) is 0. The molecule has 2 heterocycles. The minimum absolute atomic E-state index is 0.370. The largest absolute Gasteiger partial charge is 0.326 e. The van der Waals surface area contributed by atoms with Gasteiger partial charge in [0.1, 0.15) is 0 Å². The summed E-state index contributed by atoms with van der Waals surface area (Å²) in [6, 6.07) is 0.370. The molecule has 0 fully saturated rings. The third-order valence-electron chi connectivity index (χ3n) is 4.54. The molecule has 0 saturated carbocycles. The second kappa shape index (κ2) is 8.51. The number of aromatic nitrogens is 3. The van der Waals surface area contributed by atoms with E-state index in [-0.39, 0.29) is 0 Å². The van der Waals surface area contributed by atoms with Crippen LogP contribution in [0.15, 0.2) is 65.0 Å². The van der Waals surface area contributed by atoms with Crippen molar-refractivity contribution in [2.75, 3.05) is 0 Å². The summed E-state index contributed by atoms with van der Waals surface area (Å²) in [6.07, 6.45) is 15.6. The van der Waals surface area contributed by atoms with E-state index in [1.54, 1.807) is 11.3 Å². The standard InChI is InChI=1S/C21H21N3S.C2H6/c1-14(2)24-10-9-22-20(24)21-23-19(13-25-21)18-12-15(3)11-16-7-5-4-6-8-17(16)18;1-2/h4,6-10,12-15H,11H2,1-3H3;1-2H3. The van der Waals surface area contributed by atoms with Crippen LogP contribution in [0.3, 0.4) is 0 Å². The third-order valence-corrected chi connectivity index (χ3v) is 5.38. The minimum atomic E-state index is 0.370. The second-order valence-electron chi connectivity index (χ2n) is 6.83. The van der Waals surface area contributed by atoms with E-state index in [0.29, 0.717) is 12.0 Å². The zero-order chi connectivity index (χ0) is 19.4. The van der Waals surface area contributed by atoms with Gasteiger partial charge in [-0.05, 0) is 49.5 Å². The molecule has 0 spiro atoms. The molecule has 0 aromatic carbocycles. The lowest BCUT2D eigenvalue weighted by molar-refractivity contribution is 0.606. The molecule has 2 aliphatic carbocycles. The molecule has 0 saturated heterocycles. The van der Waals surface area contributed by atoms with Gasteiger partial charge in [0.2, 0.25) is 0 Å². The van der Waals surface area contributed by atoms with Crippen molar-refractivity contribution < 1.29 is 0 Å². The highest BCUT2D eigenvalue weighted by atomic mass is 32.1. The summed E-state index contributed by atoms with van der Waals surface area (Å²) in [5, 5.41) is 3.13. The van der Waals surface area contributed by atoms with Crippen LogP contribution in [0.1, 0.15) is 52.8 Å². The Morgan fingerprint density at radius 2 is 2.11 bits per heavy atom. The molecule has 4 heteroatoms. The summed E-state index contributed by atoms with van der Waals surface area (Å²) < 4.78 is 2.17. The van der Waals surface area contributed by atoms with Crippen molar-refractivity contribution in [3.63, 3.8) is 0 Å². The predicted octanol–water partition coefficient (Wildman–Crippen LogP) is 6.61. The summed E-state index contributed by atoms with van der Waals surface area (Å²) in [4.78, 5) is 9.45. The maximum Gasteiger partial charge on any atom is 0.169 e. The smallest absolute Gasteiger partial charge is 0.169 e. The molecule has 0 bridgehead atoms. The first-order chi connectivity index (χ1) is 13.1. The molecule has 3 nitrogen and oxygen atoms in total. The Balaban J connectivity index is 0.00000102. The number of thiazole rings is 1. The molecule has 0 radical (unpaired) electrons. The quantitative estimate of drug-likeness (QED) is 0.563. The highest BCUT2D eigenvalue weighted by molar-refractivity contribution is 7.13. The van der Waals surface area contributed by atoms with Gasteiger partial charge in [-0.15, -0.1) is 17.1 Å². The molecule has 2 aliphatic rings. The summed E-state index contributed by atoms with van der Waals surface area (Å²) in [5.74, 6) is 1.45. The van der Waals surface area contributed by atoms with E-state index < -0.39 is 0 Å². The van der Waals surface area contributed by atoms with Gasteiger partial charge in [0, 0.05) is 29.4 Å². The Morgan fingerprint density at radius 3 is 2.89 bits per heavy atom. The Labute approximate surface area is 166 Å². The van der Waals surface area contributed by atoms with Gasteiger partial charge in [0.15, 0.2) is 10.8 Å². The van der Waals surface area contributed by atoms with Gasteiger partial charge in [-0.2, -0.15) is 0 Å². The van der Waals surface area contributed by atoms with Crippen LogP contribution in [0.5, 0.6) is 0 Å². The van der Waals surface area contributed by atoms with Gasteiger partial charge < -0.3 is 4.57 Å². The minimum Gasteiger partial charge on any atom is -0.326 e. The molecular weight excluding hydrogens is 350 g/mol. The van der Waals surface area contributed by atoms with Crippen LogP contribution >= 0.6 is 11.3 Å². The van der Waals surface area contributed by atoms with Gasteiger partial charge in [-0.3, -0.25) is 0 Å². The fourth-order valence-corrected chi connectivity index (χ4v) is 4.18. The van der Waals surface area contributed by atoms with E-state index in [1.807, 2.05) is 32.3 Å². The van der Waals surface area contributed by atoms with Crippen LogP contribution in [-0.2, 0) is 0 Å². The maximum atomic E-state index is 4.93. The van der Waals surface area contributed by atoms with Gasteiger partial charge in [-0.1, -0.05) is 39.0 Å². The number of allylic oxidation sites excluding steroid dienone is 7. The molecule has 2 aromatic heterocycles. The van der Waals surface area contributed by atoms with Crippen LogP contribution < -0.4 is 0 Å². The van der Waals surface area contributed by atoms with Crippen molar-refractivity contribution in [2.45, 2.75) is 47.1 Å². The van der Waals surface area contributed by atoms with Crippen LogP contribution in [0, 0.1) is 5.92 Å². The molecule has 0 aliphatic heterocycles. The van der Waals surface area contributed by atoms with E-state index >= 15 is 0 Å². The number of nitrogens with zero attached hydrogens (tertiary/aromatic N) is 3. The fraction of sp³-hybridized carbons (Fsp3) is 0.348. The molecule has 140 valence electrons. The summed E-state index contributed by atoms with van der Waals surface area (Å²) in [5.41, 5.74) is 8.11. The van der Waals surface area contributed by atoms with E-state index in [4.69, 9.17) is 4.98 Å². The SMILES string of the molecule is CC.CC1C=C(c2csc(-c3nccn3C(C)C)n2)C2=C(C=C=CC=C2)C1. The lowest BCUT2D eigenvalue weighted by Crippen LogP contribution is -2.05. The average molecular weight is 378 g/mol. The first-order valence-corrected chi connectivity index (χ1v) is 10.5. The third kappa shape index (κ3) is 3.97. The number of imidazole rings is 1. The Bertz CT molecular complexity index is 959. The van der Waals surface area contributed by atoms with Crippen molar-refractivity contribution in [3.05, 3.63) is 70.7 Å². The molecule has 4 rings (SSSR count). The monoisotopic (exact) mass is 377 g/mol. The highest BCUT2D eigenvalue weighted by Crippen LogP contribution is 2.38. The molecule has 0 N–H and O–H groups in total. The summed E-state index contributed by atoms with van der Waals surface area (Å²) in [6.45, 7) is 10.6. The van der Waals surface area contributed by atoms with Crippen molar-refractivity contribution in [2.24, 2.45) is 5.92 Å². The van der Waals surface area contributed by atoms with Crippen LogP contribution in [0.4, 0.5) is 0 Å².